The maximum Gasteiger partial charge on any atom is 0.0965 e. The minimum absolute atomic E-state index is 0.424. The first-order valence-corrected chi connectivity index (χ1v) is 7.34. The third-order valence-corrected chi connectivity index (χ3v) is 4.38. The molecule has 0 radical (unpaired) electrons. The molecule has 0 aliphatic heterocycles. The van der Waals surface area contributed by atoms with E-state index in [1.807, 2.05) is 29.8 Å². The van der Waals surface area contributed by atoms with Crippen LogP contribution in [-0.2, 0) is 6.54 Å². The molecule has 96 valence electrons. The van der Waals surface area contributed by atoms with Crippen LogP contribution in [-0.4, -0.2) is 11.5 Å². The molecule has 2 aromatic rings. The Hall–Kier alpha value is -0.610. The number of nitrogens with one attached hydrogen (secondary N) is 1. The van der Waals surface area contributed by atoms with Gasteiger partial charge in [0.2, 0.25) is 0 Å². The van der Waals surface area contributed by atoms with Crippen molar-refractivity contribution in [1.82, 2.24) is 10.3 Å². The molecule has 0 amide bonds. The van der Waals surface area contributed by atoms with E-state index in [1.165, 1.54) is 0 Å². The largest absolute Gasteiger partial charge is 0.312 e. The van der Waals surface area contributed by atoms with Gasteiger partial charge in [-0.1, -0.05) is 36.2 Å². The molecular formula is C13H14Cl2N2S. The van der Waals surface area contributed by atoms with Crippen LogP contribution in [0.2, 0.25) is 10.0 Å². The molecule has 2 nitrogen and oxygen atoms in total. The summed E-state index contributed by atoms with van der Waals surface area (Å²) >= 11 is 13.5. The van der Waals surface area contributed by atoms with E-state index < -0.39 is 0 Å². The summed E-state index contributed by atoms with van der Waals surface area (Å²) < 4.78 is 0. The van der Waals surface area contributed by atoms with Gasteiger partial charge in [-0.15, -0.1) is 11.3 Å². The number of hydrogen-bond acceptors (Lipinski definition) is 3. The number of hydrogen-bond donors (Lipinski definition) is 1. The predicted molar refractivity (Wildman–Crippen MR) is 78.7 cm³/mol. The smallest absolute Gasteiger partial charge is 0.0965 e. The summed E-state index contributed by atoms with van der Waals surface area (Å²) in [6.07, 6.45) is 1.84. The van der Waals surface area contributed by atoms with Gasteiger partial charge in [0.05, 0.1) is 15.1 Å². The average molecular weight is 301 g/mol. The molecule has 0 saturated heterocycles. The second-order valence-electron chi connectivity index (χ2n) is 4.15. The van der Waals surface area contributed by atoms with Crippen LogP contribution in [0.5, 0.6) is 0 Å². The molecule has 1 atom stereocenters. The van der Waals surface area contributed by atoms with Crippen LogP contribution in [0.1, 0.15) is 23.4 Å². The third kappa shape index (κ3) is 3.69. The van der Waals surface area contributed by atoms with E-state index in [2.05, 4.69) is 17.2 Å². The Morgan fingerprint density at radius 2 is 2.17 bits per heavy atom. The molecule has 0 aliphatic carbocycles. The molecule has 0 saturated carbocycles. The van der Waals surface area contributed by atoms with Gasteiger partial charge in [0.15, 0.2) is 0 Å². The monoisotopic (exact) mass is 300 g/mol. The molecule has 2 rings (SSSR count). The van der Waals surface area contributed by atoms with Gasteiger partial charge in [-0.2, -0.15) is 0 Å². The fourth-order valence-electron chi connectivity index (χ4n) is 1.65. The summed E-state index contributed by atoms with van der Waals surface area (Å²) in [4.78, 5) is 4.31. The van der Waals surface area contributed by atoms with Crippen LogP contribution in [0.3, 0.4) is 0 Å². The zero-order valence-corrected chi connectivity index (χ0v) is 12.3. The lowest BCUT2D eigenvalue weighted by Gasteiger charge is -2.10. The van der Waals surface area contributed by atoms with Gasteiger partial charge >= 0.3 is 0 Å². The third-order valence-electron chi connectivity index (χ3n) is 2.64. The van der Waals surface area contributed by atoms with Crippen LogP contribution in [0.15, 0.2) is 29.8 Å². The standard InChI is InChI=1S/C13H14Cl2N2S/c1-9(13-17-4-5-18-13)7-16-8-10-2-3-11(14)12(15)6-10/h2-6,9,16H,7-8H2,1H3. The summed E-state index contributed by atoms with van der Waals surface area (Å²) in [5.74, 6) is 0.424. The molecule has 0 bridgehead atoms. The molecule has 0 aliphatic rings. The zero-order chi connectivity index (χ0) is 13.0. The molecule has 1 N–H and O–H groups in total. The number of benzene rings is 1. The summed E-state index contributed by atoms with van der Waals surface area (Å²) in [6, 6.07) is 5.70. The molecule has 0 fully saturated rings. The van der Waals surface area contributed by atoms with E-state index >= 15 is 0 Å². The lowest BCUT2D eigenvalue weighted by atomic mass is 10.2. The predicted octanol–water partition coefficient (Wildman–Crippen LogP) is 4.34. The van der Waals surface area contributed by atoms with Crippen LogP contribution >= 0.6 is 34.5 Å². The molecule has 1 heterocycles. The van der Waals surface area contributed by atoms with Gasteiger partial charge < -0.3 is 5.32 Å². The number of halogens is 2. The Morgan fingerprint density at radius 1 is 1.33 bits per heavy atom. The average Bonchev–Trinajstić information content (AvgIpc) is 2.87. The molecule has 1 unspecified atom stereocenters. The Labute approximate surface area is 121 Å². The van der Waals surface area contributed by atoms with Crippen molar-refractivity contribution in [3.63, 3.8) is 0 Å². The Balaban J connectivity index is 1.83. The van der Waals surface area contributed by atoms with Crippen LogP contribution < -0.4 is 5.32 Å². The van der Waals surface area contributed by atoms with Crippen molar-refractivity contribution in [3.8, 4) is 0 Å². The summed E-state index contributed by atoms with van der Waals surface area (Å²) in [5.41, 5.74) is 1.13. The normalized spacial score (nSPS) is 12.6. The van der Waals surface area contributed by atoms with Crippen LogP contribution in [0.25, 0.3) is 0 Å². The van der Waals surface area contributed by atoms with E-state index in [1.54, 1.807) is 11.3 Å². The first-order valence-electron chi connectivity index (χ1n) is 5.71. The number of rotatable bonds is 5. The molecular weight excluding hydrogens is 287 g/mol. The van der Waals surface area contributed by atoms with E-state index in [4.69, 9.17) is 23.2 Å². The van der Waals surface area contributed by atoms with Crippen molar-refractivity contribution in [1.29, 1.82) is 0 Å². The summed E-state index contributed by atoms with van der Waals surface area (Å²) in [7, 11) is 0. The SMILES string of the molecule is CC(CNCc1ccc(Cl)c(Cl)c1)c1nccs1. The summed E-state index contributed by atoms with van der Waals surface area (Å²) in [5, 5.41) is 7.76. The number of nitrogens with zero attached hydrogens (tertiary/aromatic N) is 1. The van der Waals surface area contributed by atoms with Crippen molar-refractivity contribution >= 4 is 34.5 Å². The quantitative estimate of drug-likeness (QED) is 0.888. The van der Waals surface area contributed by atoms with Gasteiger partial charge in [0.1, 0.15) is 0 Å². The van der Waals surface area contributed by atoms with Crippen molar-refractivity contribution in [2.75, 3.05) is 6.54 Å². The van der Waals surface area contributed by atoms with Gasteiger partial charge in [0.25, 0.3) is 0 Å². The first-order chi connectivity index (χ1) is 8.66. The van der Waals surface area contributed by atoms with Crippen LogP contribution in [0.4, 0.5) is 0 Å². The maximum absolute atomic E-state index is 5.97. The summed E-state index contributed by atoms with van der Waals surface area (Å²) in [6.45, 7) is 3.85. The minimum atomic E-state index is 0.424. The molecule has 0 spiro atoms. The van der Waals surface area contributed by atoms with Gasteiger partial charge in [-0.3, -0.25) is 0 Å². The van der Waals surface area contributed by atoms with Crippen LogP contribution in [0, 0.1) is 0 Å². The number of thiazole rings is 1. The van der Waals surface area contributed by atoms with E-state index in [-0.39, 0.29) is 0 Å². The molecule has 18 heavy (non-hydrogen) atoms. The highest BCUT2D eigenvalue weighted by molar-refractivity contribution is 7.09. The zero-order valence-electron chi connectivity index (χ0n) is 9.99. The Morgan fingerprint density at radius 3 is 2.83 bits per heavy atom. The van der Waals surface area contributed by atoms with Gasteiger partial charge in [0, 0.05) is 30.6 Å². The molecule has 1 aromatic heterocycles. The maximum atomic E-state index is 5.97. The van der Waals surface area contributed by atoms with Gasteiger partial charge in [-0.25, -0.2) is 4.98 Å². The fourth-order valence-corrected chi connectivity index (χ4v) is 2.67. The highest BCUT2D eigenvalue weighted by Gasteiger charge is 2.07. The molecule has 1 aromatic carbocycles. The lowest BCUT2D eigenvalue weighted by molar-refractivity contribution is 0.613. The fraction of sp³-hybridized carbons (Fsp3) is 0.308. The highest BCUT2D eigenvalue weighted by atomic mass is 35.5. The Bertz CT molecular complexity index is 500. The van der Waals surface area contributed by atoms with Crippen molar-refractivity contribution in [2.24, 2.45) is 0 Å². The topological polar surface area (TPSA) is 24.9 Å². The van der Waals surface area contributed by atoms with Crippen molar-refractivity contribution < 1.29 is 0 Å². The second-order valence-corrected chi connectivity index (χ2v) is 5.89. The minimum Gasteiger partial charge on any atom is -0.312 e. The van der Waals surface area contributed by atoms with Gasteiger partial charge in [-0.05, 0) is 17.7 Å². The molecule has 5 heteroatoms. The van der Waals surface area contributed by atoms with E-state index in [9.17, 15) is 0 Å². The van der Waals surface area contributed by atoms with Crippen molar-refractivity contribution in [3.05, 3.63) is 50.4 Å². The lowest BCUT2D eigenvalue weighted by Crippen LogP contribution is -2.19. The van der Waals surface area contributed by atoms with E-state index in [0.717, 1.165) is 23.7 Å². The first kappa shape index (κ1) is 13.8. The van der Waals surface area contributed by atoms with Crippen molar-refractivity contribution in [2.45, 2.75) is 19.4 Å². The second kappa shape index (κ2) is 6.53. The Kier molecular flexibility index (Phi) is 5.01. The van der Waals surface area contributed by atoms with E-state index in [0.29, 0.717) is 16.0 Å². The number of aromatic nitrogens is 1. The highest BCUT2D eigenvalue weighted by Crippen LogP contribution is 2.22.